The first-order chi connectivity index (χ1) is 9.01. The standard InChI is InChI=1S/C12H13NO4.C2H6/c1-12(16)9-5-7-3-2-4-13(7)10(14)8(9)6-17-11(12)15;1-2/h5,16H,2-4,6H2,1H3;1-2H3. The van der Waals surface area contributed by atoms with E-state index in [2.05, 4.69) is 0 Å². The minimum absolute atomic E-state index is 0.0383. The molecular formula is C14H19NO4. The second-order valence-corrected chi connectivity index (χ2v) is 4.74. The summed E-state index contributed by atoms with van der Waals surface area (Å²) in [5.74, 6) is -0.688. The third kappa shape index (κ3) is 1.98. The number of esters is 1. The zero-order valence-electron chi connectivity index (χ0n) is 11.5. The van der Waals surface area contributed by atoms with E-state index in [4.69, 9.17) is 4.74 Å². The lowest BCUT2D eigenvalue weighted by molar-refractivity contribution is -0.169. The first kappa shape index (κ1) is 13.8. The predicted molar refractivity (Wildman–Crippen MR) is 69.7 cm³/mol. The molecule has 1 aromatic rings. The normalized spacial score (nSPS) is 23.9. The molecule has 19 heavy (non-hydrogen) atoms. The van der Waals surface area contributed by atoms with Crippen LogP contribution in [0.25, 0.3) is 0 Å². The van der Waals surface area contributed by atoms with Gasteiger partial charge in [0, 0.05) is 17.8 Å². The maximum absolute atomic E-state index is 12.2. The number of hydrogen-bond donors (Lipinski definition) is 1. The Labute approximate surface area is 111 Å². The van der Waals surface area contributed by atoms with Crippen LogP contribution in [0.5, 0.6) is 0 Å². The number of cyclic esters (lactones) is 1. The highest BCUT2D eigenvalue weighted by atomic mass is 16.6. The van der Waals surface area contributed by atoms with Gasteiger partial charge >= 0.3 is 5.97 Å². The molecule has 1 N–H and O–H groups in total. The number of nitrogens with zero attached hydrogens (tertiary/aromatic N) is 1. The second-order valence-electron chi connectivity index (χ2n) is 4.74. The van der Waals surface area contributed by atoms with Crippen molar-refractivity contribution < 1.29 is 14.6 Å². The molecule has 3 heterocycles. The van der Waals surface area contributed by atoms with E-state index in [0.717, 1.165) is 18.5 Å². The average molecular weight is 265 g/mol. The van der Waals surface area contributed by atoms with Crippen molar-refractivity contribution in [1.29, 1.82) is 0 Å². The quantitative estimate of drug-likeness (QED) is 0.713. The summed E-state index contributed by atoms with van der Waals surface area (Å²) in [4.78, 5) is 23.7. The van der Waals surface area contributed by atoms with E-state index < -0.39 is 11.6 Å². The lowest BCUT2D eigenvalue weighted by Crippen LogP contribution is -2.42. The minimum Gasteiger partial charge on any atom is -0.458 e. The number of aryl methyl sites for hydroxylation is 1. The summed E-state index contributed by atoms with van der Waals surface area (Å²) in [7, 11) is 0. The SMILES string of the molecule is CC.CC1(O)C(=O)OCc2c1cc1n(c2=O)CCC1. The lowest BCUT2D eigenvalue weighted by Gasteiger charge is -2.29. The van der Waals surface area contributed by atoms with Crippen LogP contribution >= 0.6 is 0 Å². The van der Waals surface area contributed by atoms with Gasteiger partial charge in [0.15, 0.2) is 5.60 Å². The van der Waals surface area contributed by atoms with Crippen molar-refractivity contribution >= 4 is 5.97 Å². The van der Waals surface area contributed by atoms with Gasteiger partial charge in [0.25, 0.3) is 5.56 Å². The van der Waals surface area contributed by atoms with E-state index >= 15 is 0 Å². The Morgan fingerprint density at radius 3 is 2.74 bits per heavy atom. The van der Waals surface area contributed by atoms with Gasteiger partial charge in [-0.15, -0.1) is 0 Å². The minimum atomic E-state index is -1.70. The lowest BCUT2D eigenvalue weighted by atomic mass is 9.90. The number of fused-ring (bicyclic) bond motifs is 2. The molecule has 1 atom stereocenters. The molecule has 0 saturated carbocycles. The van der Waals surface area contributed by atoms with Crippen LogP contribution in [0.2, 0.25) is 0 Å². The van der Waals surface area contributed by atoms with E-state index in [0.29, 0.717) is 17.7 Å². The summed E-state index contributed by atoms with van der Waals surface area (Å²) < 4.78 is 6.56. The van der Waals surface area contributed by atoms with E-state index in [1.165, 1.54) is 6.92 Å². The van der Waals surface area contributed by atoms with Gasteiger partial charge in [-0.2, -0.15) is 0 Å². The number of aromatic nitrogens is 1. The van der Waals surface area contributed by atoms with Crippen LogP contribution in [0.15, 0.2) is 10.9 Å². The van der Waals surface area contributed by atoms with Crippen LogP contribution in [-0.2, 0) is 34.7 Å². The van der Waals surface area contributed by atoms with Crippen LogP contribution in [0.4, 0.5) is 0 Å². The van der Waals surface area contributed by atoms with E-state index in [9.17, 15) is 14.7 Å². The molecule has 0 aromatic carbocycles. The molecule has 1 aromatic heterocycles. The molecule has 0 amide bonds. The van der Waals surface area contributed by atoms with E-state index in [1.54, 1.807) is 10.6 Å². The smallest absolute Gasteiger partial charge is 0.342 e. The van der Waals surface area contributed by atoms with Gasteiger partial charge in [0.05, 0.1) is 5.56 Å². The highest BCUT2D eigenvalue weighted by Crippen LogP contribution is 2.31. The highest BCUT2D eigenvalue weighted by Gasteiger charge is 2.42. The van der Waals surface area contributed by atoms with Crippen molar-refractivity contribution in [2.24, 2.45) is 0 Å². The Balaban J connectivity index is 0.000000637. The van der Waals surface area contributed by atoms with Crippen molar-refractivity contribution in [2.75, 3.05) is 0 Å². The fraction of sp³-hybridized carbons (Fsp3) is 0.571. The molecule has 0 radical (unpaired) electrons. The molecular weight excluding hydrogens is 246 g/mol. The molecule has 5 heteroatoms. The molecule has 0 fully saturated rings. The van der Waals surface area contributed by atoms with Gasteiger partial charge in [0.1, 0.15) is 6.61 Å². The molecule has 2 aliphatic rings. The number of hydrogen-bond acceptors (Lipinski definition) is 4. The number of aliphatic hydroxyl groups is 1. The third-order valence-corrected chi connectivity index (χ3v) is 3.57. The molecule has 3 rings (SSSR count). The maximum Gasteiger partial charge on any atom is 0.342 e. The Kier molecular flexibility index (Phi) is 3.49. The zero-order chi connectivity index (χ0) is 14.2. The molecule has 0 saturated heterocycles. The first-order valence-corrected chi connectivity index (χ1v) is 6.67. The second kappa shape index (κ2) is 4.81. The van der Waals surface area contributed by atoms with Gasteiger partial charge < -0.3 is 14.4 Å². The number of carbonyl (C=O) groups excluding carboxylic acids is 1. The van der Waals surface area contributed by atoms with Gasteiger partial charge in [0.2, 0.25) is 0 Å². The summed E-state index contributed by atoms with van der Waals surface area (Å²) >= 11 is 0. The summed E-state index contributed by atoms with van der Waals surface area (Å²) in [6.45, 7) is 6.04. The Bertz CT molecular complexity index is 572. The largest absolute Gasteiger partial charge is 0.458 e. The Morgan fingerprint density at radius 1 is 1.37 bits per heavy atom. The summed E-state index contributed by atoms with van der Waals surface area (Å²) in [5.41, 5.74) is -0.135. The van der Waals surface area contributed by atoms with Crippen molar-refractivity contribution in [3.05, 3.63) is 33.2 Å². The van der Waals surface area contributed by atoms with Crippen molar-refractivity contribution in [3.8, 4) is 0 Å². The molecule has 1 unspecified atom stereocenters. The molecule has 0 aliphatic carbocycles. The highest BCUT2D eigenvalue weighted by molar-refractivity contribution is 5.82. The first-order valence-electron chi connectivity index (χ1n) is 6.67. The zero-order valence-corrected chi connectivity index (χ0v) is 11.5. The monoisotopic (exact) mass is 265 g/mol. The van der Waals surface area contributed by atoms with Crippen molar-refractivity contribution in [3.63, 3.8) is 0 Å². The average Bonchev–Trinajstić information content (AvgIpc) is 2.86. The topological polar surface area (TPSA) is 68.5 Å². The molecule has 5 nitrogen and oxygen atoms in total. The Morgan fingerprint density at radius 2 is 2.05 bits per heavy atom. The van der Waals surface area contributed by atoms with Crippen LogP contribution in [0.3, 0.4) is 0 Å². The maximum atomic E-state index is 12.2. The molecule has 104 valence electrons. The fourth-order valence-electron chi connectivity index (χ4n) is 2.57. The van der Waals surface area contributed by atoms with Gasteiger partial charge in [-0.1, -0.05) is 13.8 Å². The summed E-state index contributed by atoms with van der Waals surface area (Å²) in [6.07, 6.45) is 1.74. The van der Waals surface area contributed by atoms with E-state index in [1.807, 2.05) is 13.8 Å². The van der Waals surface area contributed by atoms with Crippen molar-refractivity contribution in [1.82, 2.24) is 4.57 Å². The molecule has 0 spiro atoms. The van der Waals surface area contributed by atoms with E-state index in [-0.39, 0.29) is 12.2 Å². The molecule has 0 bridgehead atoms. The summed E-state index contributed by atoms with van der Waals surface area (Å²) in [6, 6.07) is 1.77. The number of ether oxygens (including phenoxy) is 1. The Hall–Kier alpha value is -1.62. The fourth-order valence-corrected chi connectivity index (χ4v) is 2.57. The predicted octanol–water partition coefficient (Wildman–Crippen LogP) is 1.08. The van der Waals surface area contributed by atoms with Gasteiger partial charge in [-0.25, -0.2) is 4.79 Å². The van der Waals surface area contributed by atoms with Gasteiger partial charge in [-0.3, -0.25) is 4.79 Å². The van der Waals surface area contributed by atoms with Crippen LogP contribution in [-0.4, -0.2) is 15.6 Å². The van der Waals surface area contributed by atoms with Crippen LogP contribution in [0, 0.1) is 0 Å². The van der Waals surface area contributed by atoms with Gasteiger partial charge in [-0.05, 0) is 25.8 Å². The number of pyridine rings is 1. The van der Waals surface area contributed by atoms with Crippen LogP contribution < -0.4 is 5.56 Å². The third-order valence-electron chi connectivity index (χ3n) is 3.57. The van der Waals surface area contributed by atoms with Crippen LogP contribution in [0.1, 0.15) is 44.0 Å². The van der Waals surface area contributed by atoms with Crippen molar-refractivity contribution in [2.45, 2.75) is 52.4 Å². The number of carbonyl (C=O) groups is 1. The summed E-state index contributed by atoms with van der Waals surface area (Å²) in [5, 5.41) is 10.1. The number of rotatable bonds is 0. The molecule has 2 aliphatic heterocycles.